The summed E-state index contributed by atoms with van der Waals surface area (Å²) in [6, 6.07) is 26.2. The lowest BCUT2D eigenvalue weighted by Gasteiger charge is -2.18. The average molecular weight is 777 g/mol. The number of halogens is 1. The molecule has 0 bridgehead atoms. The molecule has 6 rings (SSSR count). The van der Waals surface area contributed by atoms with Crippen molar-refractivity contribution in [3.05, 3.63) is 138 Å². The van der Waals surface area contributed by atoms with E-state index in [4.69, 9.17) is 5.73 Å². The zero-order valence-corrected chi connectivity index (χ0v) is 30.1. The fourth-order valence-corrected chi connectivity index (χ4v) is 6.64. The first-order chi connectivity index (χ1) is 26.6. The van der Waals surface area contributed by atoms with Gasteiger partial charge in [0.2, 0.25) is 11.6 Å². The van der Waals surface area contributed by atoms with Gasteiger partial charge in [0.05, 0.1) is 23.5 Å². The number of nitrogens with two attached hydrogens (primary N) is 1. The molecule has 5 N–H and O–H groups in total. The number of benzene rings is 4. The monoisotopic (exact) mass is 776 g/mol. The quantitative estimate of drug-likeness (QED) is 0.111. The summed E-state index contributed by atoms with van der Waals surface area (Å²) in [6.45, 7) is 0. The van der Waals surface area contributed by atoms with Crippen molar-refractivity contribution in [3.8, 4) is 22.5 Å². The molecule has 0 aliphatic rings. The second kappa shape index (κ2) is 17.3. The number of nitrogens with zero attached hydrogens (tertiary/aromatic N) is 4. The number of aromatic nitrogens is 4. The Bertz CT molecular complexity index is 2370. The van der Waals surface area contributed by atoms with E-state index in [1.807, 2.05) is 0 Å². The van der Waals surface area contributed by atoms with Crippen LogP contribution in [0.1, 0.15) is 32.1 Å². The smallest absolute Gasteiger partial charge is 0.293 e. The Balaban J connectivity index is 1.18. The number of primary amides is 1. The molecule has 4 aromatic carbocycles. The molecule has 2 heterocycles. The molecule has 0 spiro atoms. The summed E-state index contributed by atoms with van der Waals surface area (Å²) in [5, 5.41) is 7.67. The Labute approximate surface area is 320 Å². The maximum Gasteiger partial charge on any atom is 0.293 e. The average Bonchev–Trinajstić information content (AvgIpc) is 3.89. The van der Waals surface area contributed by atoms with Crippen LogP contribution in [0, 0.1) is 5.82 Å². The number of carbonyl (C=O) groups is 6. The van der Waals surface area contributed by atoms with Crippen LogP contribution in [0.4, 0.5) is 10.1 Å². The summed E-state index contributed by atoms with van der Waals surface area (Å²) >= 11 is 1.56. The maximum atomic E-state index is 13.7. The maximum absolute atomic E-state index is 13.7. The number of Topliss-reactive ketones (excluding diaryl/α,β-unsaturated/α-hetero) is 2. The third-order valence-corrected chi connectivity index (χ3v) is 9.25. The molecule has 0 saturated carbocycles. The van der Waals surface area contributed by atoms with Crippen LogP contribution in [0.3, 0.4) is 0 Å². The Kier molecular flexibility index (Phi) is 11.9. The third-order valence-electron chi connectivity index (χ3n) is 8.19. The van der Waals surface area contributed by atoms with Gasteiger partial charge in [0.1, 0.15) is 29.3 Å². The number of amides is 4. The number of rotatable bonds is 15. The van der Waals surface area contributed by atoms with Crippen molar-refractivity contribution in [2.24, 2.45) is 5.73 Å². The molecule has 2 aromatic heterocycles. The first-order valence-corrected chi connectivity index (χ1v) is 17.9. The molecule has 0 fully saturated rings. The van der Waals surface area contributed by atoms with Crippen LogP contribution < -0.4 is 21.7 Å². The van der Waals surface area contributed by atoms with Gasteiger partial charge in [0, 0.05) is 29.7 Å². The highest BCUT2D eigenvalue weighted by atomic mass is 32.1. The molecule has 276 valence electrons. The van der Waals surface area contributed by atoms with Crippen LogP contribution in [0.5, 0.6) is 0 Å². The molecular weight excluding hydrogens is 748 g/mol. The third kappa shape index (κ3) is 9.39. The minimum Gasteiger partial charge on any atom is -0.363 e. The lowest BCUT2D eigenvalue weighted by molar-refractivity contribution is -0.137. The van der Waals surface area contributed by atoms with Gasteiger partial charge in [-0.15, -0.1) is 0 Å². The van der Waals surface area contributed by atoms with E-state index in [1.165, 1.54) is 42.5 Å². The van der Waals surface area contributed by atoms with Gasteiger partial charge in [0.25, 0.3) is 23.6 Å². The van der Waals surface area contributed by atoms with Gasteiger partial charge in [-0.3, -0.25) is 28.8 Å². The minimum absolute atomic E-state index is 0.0422. The highest BCUT2D eigenvalue weighted by Crippen LogP contribution is 2.24. The fraction of sp³-hybridized carbons (Fsp3) is 0.105. The summed E-state index contributed by atoms with van der Waals surface area (Å²) in [4.78, 5) is 78.8. The van der Waals surface area contributed by atoms with Crippen molar-refractivity contribution in [2.75, 3.05) is 5.32 Å². The number of hydrogen-bond donors (Lipinski definition) is 4. The van der Waals surface area contributed by atoms with Crippen molar-refractivity contribution in [3.63, 3.8) is 0 Å². The van der Waals surface area contributed by atoms with Gasteiger partial charge in [-0.1, -0.05) is 72.8 Å². The molecule has 0 aliphatic carbocycles. The molecular formula is C38H29FN8O6S2. The Morgan fingerprint density at radius 3 is 1.69 bits per heavy atom. The molecule has 2 atom stereocenters. The molecule has 17 heteroatoms. The molecule has 0 radical (unpaired) electrons. The van der Waals surface area contributed by atoms with Crippen LogP contribution in [-0.2, 0) is 32.0 Å². The number of anilines is 1. The lowest BCUT2D eigenvalue weighted by Crippen LogP contribution is -2.47. The highest BCUT2D eigenvalue weighted by molar-refractivity contribution is 6.99. The normalized spacial score (nSPS) is 11.9. The van der Waals surface area contributed by atoms with E-state index in [0.717, 1.165) is 23.5 Å². The van der Waals surface area contributed by atoms with Crippen LogP contribution in [-0.4, -0.2) is 64.8 Å². The predicted octanol–water partition coefficient (Wildman–Crippen LogP) is 3.81. The van der Waals surface area contributed by atoms with Crippen molar-refractivity contribution in [1.82, 2.24) is 28.1 Å². The van der Waals surface area contributed by atoms with Gasteiger partial charge >= 0.3 is 0 Å². The second-order valence-electron chi connectivity index (χ2n) is 12.0. The van der Waals surface area contributed by atoms with Crippen molar-refractivity contribution in [2.45, 2.75) is 24.9 Å². The zero-order chi connectivity index (χ0) is 38.9. The topological polar surface area (TPSA) is 216 Å². The second-order valence-corrected chi connectivity index (χ2v) is 13.0. The zero-order valence-electron chi connectivity index (χ0n) is 28.5. The Hall–Kier alpha value is -6.85. The van der Waals surface area contributed by atoms with E-state index in [9.17, 15) is 33.2 Å². The molecule has 14 nitrogen and oxygen atoms in total. The molecule has 1 unspecified atom stereocenters. The van der Waals surface area contributed by atoms with E-state index in [1.54, 1.807) is 66.7 Å². The summed E-state index contributed by atoms with van der Waals surface area (Å²) < 4.78 is 30.1. The fourth-order valence-electron chi connectivity index (χ4n) is 5.51. The molecule has 55 heavy (non-hydrogen) atoms. The largest absolute Gasteiger partial charge is 0.363 e. The predicted molar refractivity (Wildman–Crippen MR) is 201 cm³/mol. The first-order valence-electron chi connectivity index (χ1n) is 16.5. The number of carbonyl (C=O) groups excluding carboxylic acids is 6. The van der Waals surface area contributed by atoms with Crippen molar-refractivity contribution < 1.29 is 33.2 Å². The molecule has 0 aliphatic heterocycles. The summed E-state index contributed by atoms with van der Waals surface area (Å²) in [5.41, 5.74) is 7.88. The van der Waals surface area contributed by atoms with Crippen LogP contribution >= 0.6 is 23.5 Å². The van der Waals surface area contributed by atoms with E-state index in [0.29, 0.717) is 27.9 Å². The molecule has 0 saturated heterocycles. The summed E-state index contributed by atoms with van der Waals surface area (Å²) in [6.07, 6.45) is -0.256. The van der Waals surface area contributed by atoms with Gasteiger partial charge in [-0.05, 0) is 47.5 Å². The van der Waals surface area contributed by atoms with Gasteiger partial charge in [0.15, 0.2) is 11.4 Å². The molecule has 6 aromatic rings. The minimum atomic E-state index is -1.41. The highest BCUT2D eigenvalue weighted by Gasteiger charge is 2.31. The van der Waals surface area contributed by atoms with Gasteiger partial charge in [-0.2, -0.15) is 17.5 Å². The van der Waals surface area contributed by atoms with E-state index in [2.05, 4.69) is 33.4 Å². The number of hydrogen-bond acceptors (Lipinski definition) is 12. The van der Waals surface area contributed by atoms with Crippen LogP contribution in [0.25, 0.3) is 22.5 Å². The van der Waals surface area contributed by atoms with Crippen LogP contribution in [0.2, 0.25) is 0 Å². The Morgan fingerprint density at radius 2 is 1.11 bits per heavy atom. The van der Waals surface area contributed by atoms with E-state index >= 15 is 0 Å². The van der Waals surface area contributed by atoms with Gasteiger partial charge in [-0.25, -0.2) is 4.39 Å². The van der Waals surface area contributed by atoms with Crippen LogP contribution in [0.15, 0.2) is 109 Å². The van der Waals surface area contributed by atoms with Crippen molar-refractivity contribution in [1.29, 1.82) is 0 Å². The van der Waals surface area contributed by atoms with E-state index < -0.39 is 53.1 Å². The van der Waals surface area contributed by atoms with Gasteiger partial charge < -0.3 is 21.7 Å². The number of ketones is 2. The number of nitrogens with one attached hydrogen (secondary N) is 3. The summed E-state index contributed by atoms with van der Waals surface area (Å²) in [5.74, 6) is -6.38. The standard InChI is InChI=1S/C38H29FN8O6S2/c39-25-16-14-24(15-17-25)30-32(47-55-45-30)37(52)43-28(19-21-8-3-1-4-9-21)34(49)38(53)41-26-13-7-10-22(18-26)20-27(33(48)35(40)50)42-36(51)31-29(44-54-46-31)23-11-5-2-6-12-23/h1-18,27-28H,19-20H2,(H2,40,50)(H,41,53)(H,42,51)(H,43,52)/t27-,28?/m0/s1. The summed E-state index contributed by atoms with van der Waals surface area (Å²) in [7, 11) is 0. The first kappa shape index (κ1) is 37.9. The lowest BCUT2D eigenvalue weighted by atomic mass is 10.00. The molecule has 4 amide bonds. The Morgan fingerprint density at radius 1 is 0.600 bits per heavy atom. The SMILES string of the molecule is NC(=O)C(=O)[C@H](Cc1cccc(NC(=O)C(=O)C(Cc2ccccc2)NC(=O)c2nsnc2-c2ccc(F)cc2)c1)NC(=O)c1nsnc1-c1ccccc1. The van der Waals surface area contributed by atoms with E-state index in [-0.39, 0.29) is 35.6 Å². The van der Waals surface area contributed by atoms with Crippen molar-refractivity contribution >= 4 is 64.3 Å².